The Balaban J connectivity index is 2.08. The normalized spacial score (nSPS) is 22.4. The molecule has 0 unspecified atom stereocenters. The summed E-state index contributed by atoms with van der Waals surface area (Å²) in [4.78, 5) is 2.28. The Kier molecular flexibility index (Phi) is 3.83. The number of aliphatic hydroxyl groups excluding tert-OH is 1. The van der Waals surface area contributed by atoms with Crippen LogP contribution < -0.4 is 0 Å². The van der Waals surface area contributed by atoms with Crippen LogP contribution in [-0.2, 0) is 4.74 Å². The van der Waals surface area contributed by atoms with E-state index in [2.05, 4.69) is 4.90 Å². The second-order valence-corrected chi connectivity index (χ2v) is 3.12. The van der Waals surface area contributed by atoms with Crippen LogP contribution in [-0.4, -0.2) is 49.5 Å². The predicted molar refractivity (Wildman–Crippen MR) is 43.6 cm³/mol. The molecule has 0 aromatic carbocycles. The molecule has 0 amide bonds. The third-order valence-electron chi connectivity index (χ3n) is 2.03. The van der Waals surface area contributed by atoms with E-state index in [4.69, 9.17) is 4.74 Å². The molecule has 3 nitrogen and oxygen atoms in total. The van der Waals surface area contributed by atoms with Crippen LogP contribution in [0, 0.1) is 0 Å². The minimum absolute atomic E-state index is 0.307. The van der Waals surface area contributed by atoms with Crippen molar-refractivity contribution in [2.24, 2.45) is 0 Å². The number of β-amino-alcohol motifs (C(OH)–C–C–N with tert-alkyl or cyclic N) is 1. The molecule has 0 aliphatic carbocycles. The SMILES string of the molecule is COC[C@@H](O)CN1CCCC1. The Morgan fingerprint density at radius 1 is 1.45 bits per heavy atom. The largest absolute Gasteiger partial charge is 0.389 e. The number of likely N-dealkylation sites (tertiary alicyclic amines) is 1. The quantitative estimate of drug-likeness (QED) is 0.631. The van der Waals surface area contributed by atoms with Crippen molar-refractivity contribution in [3.05, 3.63) is 0 Å². The van der Waals surface area contributed by atoms with Crippen molar-refractivity contribution in [2.45, 2.75) is 18.9 Å². The van der Waals surface area contributed by atoms with Gasteiger partial charge in [0.15, 0.2) is 0 Å². The van der Waals surface area contributed by atoms with Crippen LogP contribution >= 0.6 is 0 Å². The van der Waals surface area contributed by atoms with Crippen molar-refractivity contribution in [3.63, 3.8) is 0 Å². The van der Waals surface area contributed by atoms with Gasteiger partial charge in [-0.25, -0.2) is 0 Å². The molecule has 3 heteroatoms. The zero-order chi connectivity index (χ0) is 8.10. The first-order valence-electron chi connectivity index (χ1n) is 4.22. The predicted octanol–water partition coefficient (Wildman–Crippen LogP) is 0.0895. The Labute approximate surface area is 68.0 Å². The third kappa shape index (κ3) is 3.18. The molecular formula is C8H17NO2. The summed E-state index contributed by atoms with van der Waals surface area (Å²) < 4.78 is 4.84. The maximum absolute atomic E-state index is 9.34. The number of methoxy groups -OCH3 is 1. The van der Waals surface area contributed by atoms with Gasteiger partial charge in [-0.3, -0.25) is 0 Å². The number of aliphatic hydroxyl groups is 1. The highest BCUT2D eigenvalue weighted by Crippen LogP contribution is 2.07. The number of hydrogen-bond acceptors (Lipinski definition) is 3. The van der Waals surface area contributed by atoms with Gasteiger partial charge in [-0.15, -0.1) is 0 Å². The summed E-state index contributed by atoms with van der Waals surface area (Å²) in [7, 11) is 1.62. The summed E-state index contributed by atoms with van der Waals surface area (Å²) >= 11 is 0. The molecule has 0 spiro atoms. The van der Waals surface area contributed by atoms with Crippen molar-refractivity contribution >= 4 is 0 Å². The van der Waals surface area contributed by atoms with Gasteiger partial charge >= 0.3 is 0 Å². The second kappa shape index (κ2) is 4.70. The van der Waals surface area contributed by atoms with E-state index in [-0.39, 0.29) is 6.10 Å². The molecule has 1 N–H and O–H groups in total. The smallest absolute Gasteiger partial charge is 0.0900 e. The highest BCUT2D eigenvalue weighted by atomic mass is 16.5. The minimum atomic E-state index is -0.307. The first-order valence-corrected chi connectivity index (χ1v) is 4.22. The van der Waals surface area contributed by atoms with Crippen molar-refractivity contribution < 1.29 is 9.84 Å². The fraction of sp³-hybridized carbons (Fsp3) is 1.00. The van der Waals surface area contributed by atoms with Gasteiger partial charge in [-0.2, -0.15) is 0 Å². The number of hydrogen-bond donors (Lipinski definition) is 1. The monoisotopic (exact) mass is 159 g/mol. The van der Waals surface area contributed by atoms with Crippen molar-refractivity contribution in [3.8, 4) is 0 Å². The van der Waals surface area contributed by atoms with Crippen molar-refractivity contribution in [2.75, 3.05) is 33.4 Å². The fourth-order valence-corrected chi connectivity index (χ4v) is 1.51. The maximum Gasteiger partial charge on any atom is 0.0900 e. The average Bonchev–Trinajstić information content (AvgIpc) is 2.40. The van der Waals surface area contributed by atoms with Gasteiger partial charge in [0.05, 0.1) is 12.7 Å². The van der Waals surface area contributed by atoms with E-state index >= 15 is 0 Å². The van der Waals surface area contributed by atoms with Crippen LogP contribution in [0.2, 0.25) is 0 Å². The van der Waals surface area contributed by atoms with Gasteiger partial charge in [-0.1, -0.05) is 0 Å². The van der Waals surface area contributed by atoms with Gasteiger partial charge < -0.3 is 14.7 Å². The lowest BCUT2D eigenvalue weighted by Gasteiger charge is -2.18. The third-order valence-corrected chi connectivity index (χ3v) is 2.03. The molecule has 1 fully saturated rings. The Morgan fingerprint density at radius 2 is 2.09 bits per heavy atom. The zero-order valence-corrected chi connectivity index (χ0v) is 7.12. The van der Waals surface area contributed by atoms with E-state index in [9.17, 15) is 5.11 Å². The van der Waals surface area contributed by atoms with E-state index in [1.807, 2.05) is 0 Å². The number of rotatable bonds is 4. The van der Waals surface area contributed by atoms with Gasteiger partial charge in [0.2, 0.25) is 0 Å². The van der Waals surface area contributed by atoms with E-state index in [1.54, 1.807) is 7.11 Å². The Morgan fingerprint density at radius 3 is 2.64 bits per heavy atom. The lowest BCUT2D eigenvalue weighted by molar-refractivity contribution is 0.0429. The van der Waals surface area contributed by atoms with Crippen molar-refractivity contribution in [1.82, 2.24) is 4.90 Å². The topological polar surface area (TPSA) is 32.7 Å². The summed E-state index contributed by atoms with van der Waals surface area (Å²) in [6, 6.07) is 0. The van der Waals surface area contributed by atoms with E-state index < -0.39 is 0 Å². The summed E-state index contributed by atoms with van der Waals surface area (Å²) in [6.07, 6.45) is 2.25. The van der Waals surface area contributed by atoms with Crippen LogP contribution in [0.25, 0.3) is 0 Å². The highest BCUT2D eigenvalue weighted by molar-refractivity contribution is 4.69. The molecule has 0 saturated carbocycles. The molecule has 0 aromatic rings. The van der Waals surface area contributed by atoms with Crippen molar-refractivity contribution in [1.29, 1.82) is 0 Å². The van der Waals surface area contributed by atoms with Gasteiger partial charge in [-0.05, 0) is 25.9 Å². The lowest BCUT2D eigenvalue weighted by Crippen LogP contribution is -2.32. The van der Waals surface area contributed by atoms with E-state index in [0.717, 1.165) is 19.6 Å². The summed E-state index contributed by atoms with van der Waals surface area (Å²) in [6.45, 7) is 3.51. The molecule has 1 heterocycles. The van der Waals surface area contributed by atoms with Crippen LogP contribution in [0.15, 0.2) is 0 Å². The molecule has 1 aliphatic rings. The molecule has 11 heavy (non-hydrogen) atoms. The highest BCUT2D eigenvalue weighted by Gasteiger charge is 2.14. The first kappa shape index (κ1) is 8.97. The molecule has 0 bridgehead atoms. The Hall–Kier alpha value is -0.120. The lowest BCUT2D eigenvalue weighted by atomic mass is 10.3. The number of ether oxygens (including phenoxy) is 1. The van der Waals surface area contributed by atoms with Crippen LogP contribution in [0.1, 0.15) is 12.8 Å². The minimum Gasteiger partial charge on any atom is -0.389 e. The first-order chi connectivity index (χ1) is 5.33. The van der Waals surface area contributed by atoms with Gasteiger partial charge in [0, 0.05) is 13.7 Å². The summed E-state index contributed by atoms with van der Waals surface area (Å²) in [5.41, 5.74) is 0. The molecule has 0 radical (unpaired) electrons. The number of nitrogens with zero attached hydrogens (tertiary/aromatic N) is 1. The molecule has 1 rings (SSSR count). The van der Waals surface area contributed by atoms with Crippen LogP contribution in [0.5, 0.6) is 0 Å². The average molecular weight is 159 g/mol. The molecule has 1 aliphatic heterocycles. The standard InChI is InChI=1S/C8H17NO2/c1-11-7-8(10)6-9-4-2-3-5-9/h8,10H,2-7H2,1H3/t8-/m0/s1. The Bertz CT molecular complexity index is 102. The molecule has 0 aromatic heterocycles. The van der Waals surface area contributed by atoms with Crippen LogP contribution in [0.4, 0.5) is 0 Å². The van der Waals surface area contributed by atoms with E-state index in [0.29, 0.717) is 6.61 Å². The summed E-state index contributed by atoms with van der Waals surface area (Å²) in [5.74, 6) is 0. The van der Waals surface area contributed by atoms with Crippen LogP contribution in [0.3, 0.4) is 0 Å². The van der Waals surface area contributed by atoms with E-state index in [1.165, 1.54) is 12.8 Å². The molecule has 1 atom stereocenters. The molecular weight excluding hydrogens is 142 g/mol. The zero-order valence-electron chi connectivity index (χ0n) is 7.12. The maximum atomic E-state index is 9.34. The van der Waals surface area contributed by atoms with Gasteiger partial charge in [0.1, 0.15) is 0 Å². The fourth-order valence-electron chi connectivity index (χ4n) is 1.51. The second-order valence-electron chi connectivity index (χ2n) is 3.12. The molecule has 66 valence electrons. The molecule has 1 saturated heterocycles. The summed E-state index contributed by atoms with van der Waals surface area (Å²) in [5, 5.41) is 9.34. The van der Waals surface area contributed by atoms with Gasteiger partial charge in [0.25, 0.3) is 0 Å².